The van der Waals surface area contributed by atoms with Gasteiger partial charge in [-0.2, -0.15) is 8.78 Å². The number of rotatable bonds is 5. The third kappa shape index (κ3) is 3.43. The van der Waals surface area contributed by atoms with Crippen LogP contribution in [0.2, 0.25) is 0 Å². The summed E-state index contributed by atoms with van der Waals surface area (Å²) in [5.41, 5.74) is -1.88. The van der Waals surface area contributed by atoms with E-state index in [2.05, 4.69) is 4.74 Å². The summed E-state index contributed by atoms with van der Waals surface area (Å²) in [6.45, 7) is 0.684. The Kier molecular flexibility index (Phi) is 5.50. The molecule has 0 spiro atoms. The topological polar surface area (TPSA) is 133 Å². The summed E-state index contributed by atoms with van der Waals surface area (Å²) in [5, 5.41) is 20.7. The number of benzene rings is 2. The van der Waals surface area contributed by atoms with Crippen LogP contribution in [0.5, 0.6) is 17.2 Å². The molecule has 2 aromatic carbocycles. The Hall–Kier alpha value is -3.35. The lowest BCUT2D eigenvalue weighted by molar-refractivity contribution is -0.389. The molecule has 0 bridgehead atoms. The summed E-state index contributed by atoms with van der Waals surface area (Å²) >= 11 is 0. The normalized spacial score (nSPS) is 11.2. The van der Waals surface area contributed by atoms with E-state index in [0.29, 0.717) is 13.0 Å². The van der Waals surface area contributed by atoms with Crippen molar-refractivity contribution < 1.29 is 45.9 Å². The van der Waals surface area contributed by atoms with Crippen LogP contribution in [0.15, 0.2) is 28.0 Å². The highest BCUT2D eigenvalue weighted by atomic mass is 32.2. The largest absolute Gasteiger partial charge is 0.504 e. The van der Waals surface area contributed by atoms with Crippen molar-refractivity contribution in [1.82, 2.24) is 0 Å². The minimum atomic E-state index is -5.22. The molecule has 28 heavy (non-hydrogen) atoms. The van der Waals surface area contributed by atoms with Gasteiger partial charge in [0.2, 0.25) is 27.2 Å². The minimum Gasteiger partial charge on any atom is -0.504 e. The molecule has 0 atom stereocenters. The van der Waals surface area contributed by atoms with E-state index in [1.54, 1.807) is 0 Å². The molecule has 0 amide bonds. The maximum atomic E-state index is 14.6. The molecule has 0 saturated heterocycles. The molecule has 0 aliphatic heterocycles. The molecule has 0 heterocycles. The number of phenolic OH excluding ortho intramolecular Hbond substituents is 1. The van der Waals surface area contributed by atoms with Crippen molar-refractivity contribution >= 4 is 21.5 Å². The third-order valence-corrected chi connectivity index (χ3v) is 5.14. The number of sulfone groups is 1. The Morgan fingerprint density at radius 2 is 1.79 bits per heavy atom. The summed E-state index contributed by atoms with van der Waals surface area (Å²) in [7, 11) is -4.07. The predicted octanol–water partition coefficient (Wildman–Crippen LogP) is 2.48. The van der Waals surface area contributed by atoms with Gasteiger partial charge in [0, 0.05) is 13.0 Å². The highest BCUT2D eigenvalue weighted by Crippen LogP contribution is 2.41. The second-order valence-electron chi connectivity index (χ2n) is 5.14. The van der Waals surface area contributed by atoms with Gasteiger partial charge >= 0.3 is 11.7 Å². The Labute approximate surface area is 155 Å². The fraction of sp³-hybridized carbons (Fsp3) is 0.133. The van der Waals surface area contributed by atoms with Crippen LogP contribution in [0.4, 0.5) is 18.9 Å². The average Bonchev–Trinajstić information content (AvgIpc) is 2.58. The second kappa shape index (κ2) is 7.34. The summed E-state index contributed by atoms with van der Waals surface area (Å²) in [6.07, 6.45) is 0. The van der Waals surface area contributed by atoms with E-state index in [9.17, 15) is 41.6 Å². The summed E-state index contributed by atoms with van der Waals surface area (Å²) in [4.78, 5) is 17.6. The zero-order chi connectivity index (χ0) is 21.4. The van der Waals surface area contributed by atoms with E-state index in [1.807, 2.05) is 0 Å². The van der Waals surface area contributed by atoms with E-state index in [-0.39, 0.29) is 5.75 Å². The Morgan fingerprint density at radius 1 is 1.18 bits per heavy atom. The van der Waals surface area contributed by atoms with Crippen molar-refractivity contribution in [3.8, 4) is 17.2 Å². The quantitative estimate of drug-likeness (QED) is 0.256. The van der Waals surface area contributed by atoms with Crippen molar-refractivity contribution in [2.75, 3.05) is 7.11 Å². The van der Waals surface area contributed by atoms with Crippen LogP contribution in [0.1, 0.15) is 6.92 Å². The number of halogens is 3. The van der Waals surface area contributed by atoms with E-state index in [4.69, 9.17) is 4.74 Å². The van der Waals surface area contributed by atoms with Gasteiger partial charge in [0.1, 0.15) is 0 Å². The number of methoxy groups -OCH3 is 1. The molecule has 1 N–H and O–H groups in total. The Bertz CT molecular complexity index is 1100. The first kappa shape index (κ1) is 21.0. The van der Waals surface area contributed by atoms with Crippen LogP contribution in [0.3, 0.4) is 0 Å². The van der Waals surface area contributed by atoms with Gasteiger partial charge in [-0.15, -0.1) is 0 Å². The number of phenols is 1. The summed E-state index contributed by atoms with van der Waals surface area (Å²) < 4.78 is 77.1. The SMILES string of the molecule is COc1ccc(S(=O)(=O)c2c(F)c(F)c(OC(C)=O)c([N+](=O)[O-])c2F)cc1O. The zero-order valence-electron chi connectivity index (χ0n) is 14.0. The van der Waals surface area contributed by atoms with Gasteiger partial charge in [-0.05, 0) is 12.1 Å². The number of aromatic hydroxyl groups is 1. The highest BCUT2D eigenvalue weighted by molar-refractivity contribution is 7.91. The smallest absolute Gasteiger partial charge is 0.351 e. The average molecular weight is 421 g/mol. The molecule has 13 heteroatoms. The maximum absolute atomic E-state index is 14.6. The number of nitrogens with zero attached hydrogens (tertiary/aromatic N) is 1. The monoisotopic (exact) mass is 421 g/mol. The fourth-order valence-electron chi connectivity index (χ4n) is 2.20. The van der Waals surface area contributed by atoms with E-state index in [0.717, 1.165) is 19.2 Å². The zero-order valence-corrected chi connectivity index (χ0v) is 14.8. The van der Waals surface area contributed by atoms with Gasteiger partial charge < -0.3 is 14.6 Å². The van der Waals surface area contributed by atoms with Gasteiger partial charge in [-0.1, -0.05) is 0 Å². The van der Waals surface area contributed by atoms with Crippen LogP contribution < -0.4 is 9.47 Å². The molecular formula is C15H10F3NO8S. The van der Waals surface area contributed by atoms with Crippen molar-refractivity contribution in [2.45, 2.75) is 16.7 Å². The summed E-state index contributed by atoms with van der Waals surface area (Å²) in [6, 6.07) is 2.27. The number of nitro benzene ring substituents is 1. The molecule has 2 rings (SSSR count). The van der Waals surface area contributed by atoms with E-state index < -0.39 is 65.2 Å². The van der Waals surface area contributed by atoms with Crippen LogP contribution in [-0.2, 0) is 14.6 Å². The number of nitro groups is 1. The molecule has 2 aromatic rings. The first-order valence-corrected chi connectivity index (χ1v) is 8.57. The molecule has 0 aliphatic rings. The maximum Gasteiger partial charge on any atom is 0.351 e. The number of esters is 1. The minimum absolute atomic E-state index is 0.178. The van der Waals surface area contributed by atoms with E-state index in [1.165, 1.54) is 0 Å². The van der Waals surface area contributed by atoms with Crippen LogP contribution in [0.25, 0.3) is 0 Å². The molecule has 0 aliphatic carbocycles. The number of hydrogen-bond donors (Lipinski definition) is 1. The standard InChI is InChI=1S/C15H10F3NO8S/c1-6(20)27-14-10(16)11(17)15(12(18)13(14)19(22)23)28(24,25)7-3-4-9(26-2)8(21)5-7/h3-5,21H,1-2H3. The molecule has 0 unspecified atom stereocenters. The first-order valence-electron chi connectivity index (χ1n) is 7.08. The Balaban J connectivity index is 2.87. The Morgan fingerprint density at radius 3 is 2.25 bits per heavy atom. The third-order valence-electron chi connectivity index (χ3n) is 3.37. The molecule has 0 saturated carbocycles. The number of carbonyl (C=O) groups is 1. The van der Waals surface area contributed by atoms with Crippen molar-refractivity contribution in [3.63, 3.8) is 0 Å². The predicted molar refractivity (Wildman–Crippen MR) is 84.4 cm³/mol. The molecular weight excluding hydrogens is 411 g/mol. The molecule has 150 valence electrons. The van der Waals surface area contributed by atoms with Crippen LogP contribution in [0, 0.1) is 27.6 Å². The second-order valence-corrected chi connectivity index (χ2v) is 7.02. The highest BCUT2D eigenvalue weighted by Gasteiger charge is 2.40. The van der Waals surface area contributed by atoms with Crippen molar-refractivity contribution in [1.29, 1.82) is 0 Å². The molecule has 0 radical (unpaired) electrons. The van der Waals surface area contributed by atoms with Crippen LogP contribution >= 0.6 is 0 Å². The molecule has 0 aromatic heterocycles. The van der Waals surface area contributed by atoms with Crippen molar-refractivity contribution in [2.24, 2.45) is 0 Å². The van der Waals surface area contributed by atoms with Gasteiger partial charge in [0.25, 0.3) is 0 Å². The number of carbonyl (C=O) groups excluding carboxylic acids is 1. The van der Waals surface area contributed by atoms with Gasteiger partial charge in [0.15, 0.2) is 22.2 Å². The van der Waals surface area contributed by atoms with E-state index >= 15 is 0 Å². The lowest BCUT2D eigenvalue weighted by atomic mass is 10.2. The molecule has 0 fully saturated rings. The van der Waals surface area contributed by atoms with Gasteiger partial charge in [-0.25, -0.2) is 12.8 Å². The summed E-state index contributed by atoms with van der Waals surface area (Å²) in [5.74, 6) is -10.8. The lowest BCUT2D eigenvalue weighted by Gasteiger charge is -2.12. The number of ether oxygens (including phenoxy) is 2. The lowest BCUT2D eigenvalue weighted by Crippen LogP contribution is -2.15. The van der Waals surface area contributed by atoms with Crippen LogP contribution in [-0.4, -0.2) is 31.5 Å². The molecule has 9 nitrogen and oxygen atoms in total. The van der Waals surface area contributed by atoms with Crippen molar-refractivity contribution in [3.05, 3.63) is 45.8 Å². The number of hydrogen-bond acceptors (Lipinski definition) is 8. The fourth-order valence-corrected chi connectivity index (χ4v) is 3.61. The van der Waals surface area contributed by atoms with Gasteiger partial charge in [0.05, 0.1) is 16.9 Å². The first-order chi connectivity index (χ1) is 12.9. The van der Waals surface area contributed by atoms with Gasteiger partial charge in [-0.3, -0.25) is 14.9 Å².